The summed E-state index contributed by atoms with van der Waals surface area (Å²) < 4.78 is 12.3. The van der Waals surface area contributed by atoms with Gasteiger partial charge in [-0.05, 0) is 37.1 Å². The van der Waals surface area contributed by atoms with E-state index >= 15 is 0 Å². The van der Waals surface area contributed by atoms with E-state index in [2.05, 4.69) is 15.3 Å². The standard InChI is InChI=1S/C28H37BN4O6/c1-19(2)14-22(29-33(4,13-10-26(35)38-29)20(3)15-27(36)39-29)17-25(34)23(16-21-8-6-5-7-9-21)32-28(37)24-18-30-11-12-31-24/h5-9,11-12,18-20,22-23H,10,13-17H2,1-4H3,(H,32,37)/t20-,22-,23+,29?,33?/m1/s1. The largest absolute Gasteiger partial charge is 0.604 e. The minimum absolute atomic E-state index is 0.0302. The number of ketones is 1. The van der Waals surface area contributed by atoms with Crippen molar-refractivity contribution in [2.24, 2.45) is 5.92 Å². The molecule has 1 amide bonds. The molecule has 208 valence electrons. The SMILES string of the molecule is CC(C)C[C@H](CC(=O)[C@H](Cc1ccccc1)NC(=O)c1cnccn1)[B-]12OC(=O)CC[N+]1(C)[C@H](C)CC(=O)O2. The lowest BCUT2D eigenvalue weighted by molar-refractivity contribution is -0.859. The van der Waals surface area contributed by atoms with E-state index in [4.69, 9.17) is 9.31 Å². The molecule has 10 nitrogen and oxygen atoms in total. The Labute approximate surface area is 229 Å². The highest BCUT2D eigenvalue weighted by atomic mass is 16.7. The molecule has 1 aromatic heterocycles. The van der Waals surface area contributed by atoms with E-state index in [1.54, 1.807) is 0 Å². The number of carbonyl (C=O) groups is 4. The van der Waals surface area contributed by atoms with Gasteiger partial charge in [-0.15, -0.1) is 0 Å². The van der Waals surface area contributed by atoms with Gasteiger partial charge in [0, 0.05) is 19.4 Å². The molecule has 4 rings (SSSR count). The molecular weight excluding hydrogens is 499 g/mol. The van der Waals surface area contributed by atoms with Gasteiger partial charge in [-0.25, -0.2) is 4.98 Å². The first-order valence-corrected chi connectivity index (χ1v) is 13.6. The Balaban J connectivity index is 1.68. The highest BCUT2D eigenvalue weighted by molar-refractivity contribution is 6.66. The summed E-state index contributed by atoms with van der Waals surface area (Å²) in [5, 5.41) is 2.84. The van der Waals surface area contributed by atoms with Gasteiger partial charge in [-0.3, -0.25) is 24.2 Å². The van der Waals surface area contributed by atoms with Gasteiger partial charge in [-0.1, -0.05) is 50.6 Å². The van der Waals surface area contributed by atoms with Gasteiger partial charge in [0.2, 0.25) is 0 Å². The number of hydrogen-bond acceptors (Lipinski definition) is 8. The number of quaternary nitrogens is 1. The Morgan fingerprint density at radius 2 is 1.85 bits per heavy atom. The number of amides is 1. The number of nitrogens with one attached hydrogen (secondary N) is 1. The van der Waals surface area contributed by atoms with Crippen molar-refractivity contribution in [3.8, 4) is 0 Å². The van der Waals surface area contributed by atoms with Crippen LogP contribution in [0.2, 0.25) is 5.82 Å². The summed E-state index contributed by atoms with van der Waals surface area (Å²) in [6.45, 7) is 3.94. The lowest BCUT2D eigenvalue weighted by Crippen LogP contribution is -2.80. The fourth-order valence-corrected chi connectivity index (χ4v) is 6.11. The lowest BCUT2D eigenvalue weighted by Gasteiger charge is -2.64. The van der Waals surface area contributed by atoms with Crippen LogP contribution in [0.25, 0.3) is 0 Å². The number of rotatable bonds is 10. The van der Waals surface area contributed by atoms with E-state index < -0.39 is 36.4 Å². The second-order valence-corrected chi connectivity index (χ2v) is 11.4. The summed E-state index contributed by atoms with van der Waals surface area (Å²) in [7, 11) is 1.96. The van der Waals surface area contributed by atoms with Gasteiger partial charge in [0.1, 0.15) is 5.69 Å². The van der Waals surface area contributed by atoms with Crippen LogP contribution >= 0.6 is 0 Å². The molecule has 3 heterocycles. The zero-order chi connectivity index (χ0) is 28.2. The van der Waals surface area contributed by atoms with Gasteiger partial charge < -0.3 is 19.0 Å². The van der Waals surface area contributed by atoms with Crippen LogP contribution in [0.3, 0.4) is 0 Å². The van der Waals surface area contributed by atoms with Crippen molar-refractivity contribution in [2.75, 3.05) is 13.6 Å². The van der Waals surface area contributed by atoms with Crippen molar-refractivity contribution in [1.29, 1.82) is 0 Å². The summed E-state index contributed by atoms with van der Waals surface area (Å²) in [6.07, 6.45) is 5.39. The van der Waals surface area contributed by atoms with Crippen LogP contribution in [0.5, 0.6) is 0 Å². The van der Waals surface area contributed by atoms with Crippen LogP contribution in [0, 0.1) is 5.92 Å². The lowest BCUT2D eigenvalue weighted by atomic mass is 9.48. The Kier molecular flexibility index (Phi) is 8.49. The molecule has 39 heavy (non-hydrogen) atoms. The first-order chi connectivity index (χ1) is 18.5. The monoisotopic (exact) mass is 536 g/mol. The molecule has 2 aliphatic rings. The highest BCUT2D eigenvalue weighted by Gasteiger charge is 2.65. The van der Waals surface area contributed by atoms with Crippen molar-refractivity contribution in [1.82, 2.24) is 15.3 Å². The fraction of sp³-hybridized carbons (Fsp3) is 0.500. The van der Waals surface area contributed by atoms with Crippen LogP contribution in [-0.2, 0) is 30.1 Å². The van der Waals surface area contributed by atoms with E-state index in [-0.39, 0.29) is 53.5 Å². The van der Waals surface area contributed by atoms with Gasteiger partial charge in [0.05, 0.1) is 37.7 Å². The summed E-state index contributed by atoms with van der Waals surface area (Å²) in [5.74, 6) is -2.02. The number of aromatic nitrogens is 2. The smallest absolute Gasteiger partial charge is 0.586 e. The number of fused-ring (bicyclic) bond motifs is 1. The van der Waals surface area contributed by atoms with Crippen molar-refractivity contribution < 1.29 is 32.9 Å². The molecule has 0 saturated carbocycles. The van der Waals surface area contributed by atoms with E-state index in [0.717, 1.165) is 5.56 Å². The van der Waals surface area contributed by atoms with Gasteiger partial charge in [0.25, 0.3) is 17.8 Å². The maximum atomic E-state index is 14.0. The molecule has 0 radical (unpaired) electrons. The molecule has 2 aromatic rings. The fourth-order valence-electron chi connectivity index (χ4n) is 6.11. The Morgan fingerprint density at radius 1 is 1.13 bits per heavy atom. The van der Waals surface area contributed by atoms with E-state index in [1.807, 2.05) is 58.2 Å². The first kappa shape index (κ1) is 28.4. The summed E-state index contributed by atoms with van der Waals surface area (Å²) in [6, 6.07) is 8.40. The molecule has 0 aliphatic carbocycles. The predicted molar refractivity (Wildman–Crippen MR) is 144 cm³/mol. The van der Waals surface area contributed by atoms with Crippen LogP contribution in [0.15, 0.2) is 48.9 Å². The third-order valence-corrected chi connectivity index (χ3v) is 8.30. The second kappa shape index (κ2) is 11.7. The molecule has 2 unspecified atom stereocenters. The Hall–Kier alpha value is -3.60. The first-order valence-electron chi connectivity index (χ1n) is 13.6. The van der Waals surface area contributed by atoms with Crippen molar-refractivity contribution in [2.45, 2.75) is 70.8 Å². The molecule has 0 bridgehead atoms. The summed E-state index contributed by atoms with van der Waals surface area (Å²) in [5.41, 5.74) is 0.979. The normalized spacial score (nSPS) is 26.1. The average molecular weight is 536 g/mol. The number of carbonyl (C=O) groups excluding carboxylic acids is 4. The second-order valence-electron chi connectivity index (χ2n) is 11.4. The topological polar surface area (TPSA) is 125 Å². The quantitative estimate of drug-likeness (QED) is 0.460. The molecule has 5 atom stereocenters. The number of Topliss-reactive ketones (excluding diaryl/α,β-unsaturated/α-hetero) is 1. The third kappa shape index (κ3) is 6.03. The minimum Gasteiger partial charge on any atom is -0.604 e. The molecule has 2 fully saturated rings. The molecule has 1 N–H and O–H groups in total. The van der Waals surface area contributed by atoms with Crippen LogP contribution in [-0.4, -0.2) is 70.4 Å². The highest BCUT2D eigenvalue weighted by Crippen LogP contribution is 2.46. The van der Waals surface area contributed by atoms with E-state index in [0.29, 0.717) is 13.0 Å². The van der Waals surface area contributed by atoms with Crippen LogP contribution in [0.1, 0.15) is 62.5 Å². The maximum absolute atomic E-state index is 14.0. The van der Waals surface area contributed by atoms with Crippen molar-refractivity contribution >= 4 is 30.3 Å². The predicted octanol–water partition coefficient (Wildman–Crippen LogP) is 2.86. The van der Waals surface area contributed by atoms with Gasteiger partial charge in [-0.2, -0.15) is 0 Å². The van der Waals surface area contributed by atoms with Crippen molar-refractivity contribution in [3.63, 3.8) is 0 Å². The minimum atomic E-state index is -2.52. The molecule has 0 spiro atoms. The zero-order valence-electron chi connectivity index (χ0n) is 23.0. The molecule has 2 aliphatic heterocycles. The van der Waals surface area contributed by atoms with Crippen LogP contribution in [0.4, 0.5) is 0 Å². The molecule has 1 aromatic carbocycles. The molecule has 2 saturated heterocycles. The third-order valence-electron chi connectivity index (χ3n) is 8.30. The summed E-state index contributed by atoms with van der Waals surface area (Å²) >= 11 is 0. The van der Waals surface area contributed by atoms with Crippen LogP contribution < -0.4 is 5.32 Å². The average Bonchev–Trinajstić information content (AvgIpc) is 2.90. The van der Waals surface area contributed by atoms with Gasteiger partial charge >= 0.3 is 6.69 Å². The van der Waals surface area contributed by atoms with Crippen molar-refractivity contribution in [3.05, 3.63) is 60.2 Å². The summed E-state index contributed by atoms with van der Waals surface area (Å²) in [4.78, 5) is 60.5. The Bertz CT molecular complexity index is 1210. The zero-order valence-corrected chi connectivity index (χ0v) is 23.0. The van der Waals surface area contributed by atoms with Gasteiger partial charge in [0.15, 0.2) is 5.78 Å². The number of hydrogen-bond donors (Lipinski definition) is 1. The maximum Gasteiger partial charge on any atom is 0.586 e. The van der Waals surface area contributed by atoms with E-state index in [1.165, 1.54) is 18.6 Å². The molecule has 11 heteroatoms. The Morgan fingerprint density at radius 3 is 2.51 bits per heavy atom. The van der Waals surface area contributed by atoms with E-state index in [9.17, 15) is 19.2 Å². The number of benzene rings is 1. The number of nitrogens with zero attached hydrogens (tertiary/aromatic N) is 3. The molecular formula is C28H37BN4O6.